The van der Waals surface area contributed by atoms with Gasteiger partial charge in [0.05, 0.1) is 18.0 Å². The molecule has 0 aromatic heterocycles. The van der Waals surface area contributed by atoms with Crippen molar-refractivity contribution in [1.29, 1.82) is 0 Å². The zero-order valence-electron chi connectivity index (χ0n) is 14.0. The van der Waals surface area contributed by atoms with Gasteiger partial charge < -0.3 is 0 Å². The number of fused-ring (bicyclic) bond motifs is 1. The average Bonchev–Trinajstić information content (AvgIpc) is 3.09. The maximum absolute atomic E-state index is 11.3. The van der Waals surface area contributed by atoms with Crippen molar-refractivity contribution in [3.05, 3.63) is 82.4 Å². The Bertz CT molecular complexity index is 998. The van der Waals surface area contributed by atoms with Crippen molar-refractivity contribution in [2.45, 2.75) is 11.3 Å². The van der Waals surface area contributed by atoms with Crippen molar-refractivity contribution in [3.63, 3.8) is 0 Å². The fourth-order valence-corrected chi connectivity index (χ4v) is 4.15. The highest BCUT2D eigenvalue weighted by molar-refractivity contribution is 7.97. The lowest BCUT2D eigenvalue weighted by atomic mass is 10.0. The molecule has 4 rings (SSSR count). The number of benzene rings is 3. The highest BCUT2D eigenvalue weighted by atomic mass is 32.2. The van der Waals surface area contributed by atoms with Gasteiger partial charge in [0.1, 0.15) is 10.7 Å². The molecule has 1 heterocycles. The summed E-state index contributed by atoms with van der Waals surface area (Å²) in [6, 6.07) is 21.5. The Balaban J connectivity index is 1.59. The van der Waals surface area contributed by atoms with Gasteiger partial charge in [0.25, 0.3) is 5.69 Å². The van der Waals surface area contributed by atoms with Crippen LogP contribution in [0.15, 0.2) is 76.6 Å². The van der Waals surface area contributed by atoms with E-state index in [0.29, 0.717) is 11.4 Å². The molecule has 0 aliphatic carbocycles. The molecule has 0 radical (unpaired) electrons. The molecule has 3 aromatic carbocycles. The van der Waals surface area contributed by atoms with Gasteiger partial charge in [0.15, 0.2) is 0 Å². The summed E-state index contributed by atoms with van der Waals surface area (Å²) in [6.45, 7) is 1.48. The number of amidine groups is 1. The summed E-state index contributed by atoms with van der Waals surface area (Å²) in [7, 11) is 0. The number of hydrogen-bond acceptors (Lipinski definition) is 5. The van der Waals surface area contributed by atoms with Crippen LogP contribution < -0.4 is 0 Å². The molecule has 0 amide bonds. The van der Waals surface area contributed by atoms with Crippen molar-refractivity contribution in [2.75, 3.05) is 13.1 Å². The smallest absolute Gasteiger partial charge is 0.284 e. The molecule has 1 aliphatic rings. The van der Waals surface area contributed by atoms with E-state index in [2.05, 4.69) is 39.6 Å². The molecule has 0 bridgehead atoms. The van der Waals surface area contributed by atoms with E-state index in [9.17, 15) is 10.1 Å². The monoisotopic (exact) mass is 363 g/mol. The van der Waals surface area contributed by atoms with E-state index >= 15 is 0 Å². The molecule has 0 spiro atoms. The molecule has 130 valence electrons. The first-order valence-electron chi connectivity index (χ1n) is 8.41. The fraction of sp³-hybridized carbons (Fsp3) is 0.150. The third-order valence-corrected chi connectivity index (χ3v) is 5.54. The lowest BCUT2D eigenvalue weighted by Crippen LogP contribution is -2.22. The van der Waals surface area contributed by atoms with E-state index < -0.39 is 0 Å². The number of aliphatic imine (C=N–C) groups is 1. The predicted molar refractivity (Wildman–Crippen MR) is 106 cm³/mol. The lowest BCUT2D eigenvalue weighted by molar-refractivity contribution is -0.387. The Morgan fingerprint density at radius 3 is 2.69 bits per heavy atom. The van der Waals surface area contributed by atoms with E-state index in [1.807, 2.05) is 18.2 Å². The summed E-state index contributed by atoms with van der Waals surface area (Å²) in [5.74, 6) is 0.963. The van der Waals surface area contributed by atoms with E-state index in [-0.39, 0.29) is 10.6 Å². The highest BCUT2D eigenvalue weighted by Crippen LogP contribution is 2.33. The number of para-hydroxylation sites is 1. The summed E-state index contributed by atoms with van der Waals surface area (Å²) in [5.41, 5.74) is 1.35. The first-order chi connectivity index (χ1) is 12.7. The predicted octanol–water partition coefficient (Wildman–Crippen LogP) is 4.71. The molecule has 6 heteroatoms. The van der Waals surface area contributed by atoms with Gasteiger partial charge in [-0.05, 0) is 34.4 Å². The van der Waals surface area contributed by atoms with Gasteiger partial charge in [-0.15, -0.1) is 0 Å². The Kier molecular flexibility index (Phi) is 4.58. The summed E-state index contributed by atoms with van der Waals surface area (Å²) in [6.07, 6.45) is 0.717. The van der Waals surface area contributed by atoms with Crippen LogP contribution in [0.25, 0.3) is 10.8 Å². The Morgan fingerprint density at radius 2 is 1.81 bits per heavy atom. The molecule has 0 unspecified atom stereocenters. The first kappa shape index (κ1) is 16.6. The molecule has 1 aliphatic heterocycles. The quantitative estimate of drug-likeness (QED) is 0.374. The first-order valence-corrected chi connectivity index (χ1v) is 9.18. The number of nitrogens with zero attached hydrogens (tertiary/aromatic N) is 3. The van der Waals surface area contributed by atoms with Crippen LogP contribution in [0, 0.1) is 10.1 Å². The van der Waals surface area contributed by atoms with E-state index in [1.165, 1.54) is 28.3 Å². The van der Waals surface area contributed by atoms with Crippen molar-refractivity contribution >= 4 is 34.2 Å². The zero-order chi connectivity index (χ0) is 17.9. The SMILES string of the molecule is O=[N+]([O-])c1ccccc1SN1CCN=C1Cc1cccc2ccccc12. The van der Waals surface area contributed by atoms with Crippen LogP contribution in [-0.2, 0) is 6.42 Å². The molecule has 0 N–H and O–H groups in total. The molecule has 0 atom stereocenters. The minimum atomic E-state index is -0.333. The third kappa shape index (κ3) is 3.28. The summed E-state index contributed by atoms with van der Waals surface area (Å²) in [5, 5.41) is 13.7. The van der Waals surface area contributed by atoms with Crippen molar-refractivity contribution < 1.29 is 4.92 Å². The average molecular weight is 363 g/mol. The van der Waals surface area contributed by atoms with Gasteiger partial charge in [-0.2, -0.15) is 0 Å². The molecule has 0 fully saturated rings. The summed E-state index contributed by atoms with van der Waals surface area (Å²) >= 11 is 1.40. The second-order valence-corrected chi connectivity index (χ2v) is 7.09. The second-order valence-electron chi connectivity index (χ2n) is 6.03. The van der Waals surface area contributed by atoms with Crippen LogP contribution >= 0.6 is 11.9 Å². The Labute approximate surface area is 155 Å². The fourth-order valence-electron chi connectivity index (χ4n) is 3.14. The maximum Gasteiger partial charge on any atom is 0.284 e. The standard InChI is InChI=1S/C20H17N3O2S/c24-23(25)18-10-3-4-11-19(18)26-22-13-12-21-20(22)14-16-8-5-7-15-6-1-2-9-17(15)16/h1-11H,12-14H2. The molecular weight excluding hydrogens is 346 g/mol. The highest BCUT2D eigenvalue weighted by Gasteiger charge is 2.23. The summed E-state index contributed by atoms with van der Waals surface area (Å²) in [4.78, 5) is 16.2. The van der Waals surface area contributed by atoms with E-state index in [0.717, 1.165) is 18.8 Å². The van der Waals surface area contributed by atoms with Crippen LogP contribution in [0.3, 0.4) is 0 Å². The molecule has 0 saturated carbocycles. The van der Waals surface area contributed by atoms with Crippen molar-refractivity contribution in [1.82, 2.24) is 4.31 Å². The Hall–Kier alpha value is -2.86. The molecule has 3 aromatic rings. The Morgan fingerprint density at radius 1 is 1.04 bits per heavy atom. The minimum absolute atomic E-state index is 0.133. The van der Waals surface area contributed by atoms with Gasteiger partial charge in [-0.25, -0.2) is 0 Å². The summed E-state index contributed by atoms with van der Waals surface area (Å²) < 4.78 is 2.07. The van der Waals surface area contributed by atoms with Gasteiger partial charge >= 0.3 is 0 Å². The van der Waals surface area contributed by atoms with Gasteiger partial charge in [0.2, 0.25) is 0 Å². The number of nitro benzene ring substituents is 1. The number of hydrogen-bond donors (Lipinski definition) is 0. The second kappa shape index (κ2) is 7.17. The largest absolute Gasteiger partial charge is 0.298 e. The van der Waals surface area contributed by atoms with Crippen LogP contribution in [0.4, 0.5) is 5.69 Å². The maximum atomic E-state index is 11.3. The van der Waals surface area contributed by atoms with Gasteiger partial charge in [-0.1, -0.05) is 54.6 Å². The van der Waals surface area contributed by atoms with E-state index in [1.54, 1.807) is 18.2 Å². The lowest BCUT2D eigenvalue weighted by Gasteiger charge is -2.19. The molecule has 5 nitrogen and oxygen atoms in total. The normalized spacial score (nSPS) is 13.8. The van der Waals surface area contributed by atoms with E-state index in [4.69, 9.17) is 0 Å². The minimum Gasteiger partial charge on any atom is -0.298 e. The van der Waals surface area contributed by atoms with Crippen LogP contribution in [0.2, 0.25) is 0 Å². The molecule has 26 heavy (non-hydrogen) atoms. The van der Waals surface area contributed by atoms with Crippen molar-refractivity contribution in [2.24, 2.45) is 4.99 Å². The molecular formula is C20H17N3O2S. The number of rotatable bonds is 5. The molecule has 0 saturated heterocycles. The van der Waals surface area contributed by atoms with Gasteiger partial charge in [-0.3, -0.25) is 19.4 Å². The number of nitro groups is 1. The van der Waals surface area contributed by atoms with Crippen LogP contribution in [0.5, 0.6) is 0 Å². The zero-order valence-corrected chi connectivity index (χ0v) is 14.9. The third-order valence-electron chi connectivity index (χ3n) is 4.38. The van der Waals surface area contributed by atoms with Gasteiger partial charge in [0, 0.05) is 12.5 Å². The van der Waals surface area contributed by atoms with Crippen molar-refractivity contribution in [3.8, 4) is 0 Å². The van der Waals surface area contributed by atoms with Crippen LogP contribution in [-0.4, -0.2) is 28.2 Å². The van der Waals surface area contributed by atoms with Crippen LogP contribution in [0.1, 0.15) is 5.56 Å². The topological polar surface area (TPSA) is 58.7 Å².